The summed E-state index contributed by atoms with van der Waals surface area (Å²) in [6, 6.07) is 13.5. The summed E-state index contributed by atoms with van der Waals surface area (Å²) >= 11 is 0. The fourth-order valence-corrected chi connectivity index (χ4v) is 2.28. The maximum Gasteiger partial charge on any atom is 0.337 e. The molecule has 0 heterocycles. The van der Waals surface area contributed by atoms with Gasteiger partial charge in [0.05, 0.1) is 24.0 Å². The lowest BCUT2D eigenvalue weighted by molar-refractivity contribution is 0.0601. The molecule has 0 atom stereocenters. The van der Waals surface area contributed by atoms with Gasteiger partial charge in [0.1, 0.15) is 0 Å². The molecule has 0 saturated carbocycles. The highest BCUT2D eigenvalue weighted by atomic mass is 16.5. The lowest BCUT2D eigenvalue weighted by Gasteiger charge is -2.22. The van der Waals surface area contributed by atoms with Crippen LogP contribution in [0.5, 0.6) is 0 Å². The van der Waals surface area contributed by atoms with Gasteiger partial charge in [0.2, 0.25) is 0 Å². The maximum atomic E-state index is 11.5. The quantitative estimate of drug-likeness (QED) is 0.692. The topological polar surface area (TPSA) is 55.6 Å². The number of rotatable bonds is 4. The van der Waals surface area contributed by atoms with E-state index in [0.717, 1.165) is 12.2 Å². The molecule has 110 valence electrons. The number of carbonyl (C=O) groups is 1. The van der Waals surface area contributed by atoms with Crippen molar-refractivity contribution >= 4 is 17.3 Å². The number of ether oxygens (including phenoxy) is 1. The van der Waals surface area contributed by atoms with Crippen molar-refractivity contribution in [2.75, 3.05) is 24.8 Å². The van der Waals surface area contributed by atoms with Crippen molar-refractivity contribution in [1.82, 2.24) is 0 Å². The number of nitrogens with zero attached hydrogens (tertiary/aromatic N) is 1. The highest BCUT2D eigenvalue weighted by molar-refractivity contribution is 5.91. The van der Waals surface area contributed by atoms with Crippen LogP contribution in [0.3, 0.4) is 0 Å². The number of anilines is 2. The molecule has 2 aromatic carbocycles. The monoisotopic (exact) mass is 284 g/mol. The van der Waals surface area contributed by atoms with E-state index in [1.54, 1.807) is 12.1 Å². The highest BCUT2D eigenvalue weighted by Gasteiger charge is 2.11. The summed E-state index contributed by atoms with van der Waals surface area (Å²) in [5, 5.41) is 0. The molecule has 2 aromatic rings. The van der Waals surface area contributed by atoms with E-state index in [1.807, 2.05) is 25.2 Å². The van der Waals surface area contributed by atoms with Crippen LogP contribution in [0.15, 0.2) is 42.5 Å². The van der Waals surface area contributed by atoms with E-state index < -0.39 is 0 Å². The van der Waals surface area contributed by atoms with Crippen LogP contribution in [0.2, 0.25) is 0 Å². The molecule has 2 rings (SSSR count). The second-order valence-corrected chi connectivity index (χ2v) is 5.05. The molecule has 4 nitrogen and oxygen atoms in total. The minimum Gasteiger partial charge on any atom is -0.465 e. The Hall–Kier alpha value is -2.49. The van der Waals surface area contributed by atoms with Gasteiger partial charge >= 0.3 is 5.97 Å². The van der Waals surface area contributed by atoms with E-state index in [-0.39, 0.29) is 5.97 Å². The fourth-order valence-electron chi connectivity index (χ4n) is 2.28. The van der Waals surface area contributed by atoms with Crippen LogP contribution in [-0.2, 0) is 11.3 Å². The second-order valence-electron chi connectivity index (χ2n) is 5.05. The molecule has 0 aliphatic rings. The number of nitrogen functional groups attached to an aromatic ring is 1. The predicted octanol–water partition coefficient (Wildman–Crippen LogP) is 3.00. The normalized spacial score (nSPS) is 10.2. The predicted molar refractivity (Wildman–Crippen MR) is 85.5 cm³/mol. The standard InChI is InChI=1S/C17H20N2O2/c1-12-6-4-5-7-14(12)11-19(2)16-9-8-13(10-15(16)18)17(20)21-3/h4-10H,11,18H2,1-3H3. The zero-order chi connectivity index (χ0) is 15.4. The van der Waals surface area contributed by atoms with Crippen LogP contribution in [0.4, 0.5) is 11.4 Å². The molecule has 0 aliphatic heterocycles. The first-order valence-electron chi connectivity index (χ1n) is 6.76. The third-order valence-electron chi connectivity index (χ3n) is 3.53. The first kappa shape index (κ1) is 14.9. The van der Waals surface area contributed by atoms with Crippen molar-refractivity contribution in [3.05, 3.63) is 59.2 Å². The number of nitrogens with two attached hydrogens (primary N) is 1. The Labute approximate surface area is 125 Å². The second kappa shape index (κ2) is 6.31. The van der Waals surface area contributed by atoms with Gasteiger partial charge in [-0.15, -0.1) is 0 Å². The van der Waals surface area contributed by atoms with E-state index in [1.165, 1.54) is 18.2 Å². The van der Waals surface area contributed by atoms with Crippen molar-refractivity contribution in [2.24, 2.45) is 0 Å². The summed E-state index contributed by atoms with van der Waals surface area (Å²) in [5.41, 5.74) is 10.5. The highest BCUT2D eigenvalue weighted by Crippen LogP contribution is 2.25. The van der Waals surface area contributed by atoms with Crippen molar-refractivity contribution in [3.63, 3.8) is 0 Å². The van der Waals surface area contributed by atoms with Crippen LogP contribution in [0.25, 0.3) is 0 Å². The van der Waals surface area contributed by atoms with Gasteiger partial charge in [0.25, 0.3) is 0 Å². The summed E-state index contributed by atoms with van der Waals surface area (Å²) in [6.45, 7) is 2.85. The molecule has 4 heteroatoms. The van der Waals surface area contributed by atoms with Gasteiger partial charge in [-0.2, -0.15) is 0 Å². The summed E-state index contributed by atoms with van der Waals surface area (Å²) < 4.78 is 4.69. The average molecular weight is 284 g/mol. The lowest BCUT2D eigenvalue weighted by Crippen LogP contribution is -2.18. The Morgan fingerprint density at radius 3 is 2.57 bits per heavy atom. The summed E-state index contributed by atoms with van der Waals surface area (Å²) in [6.07, 6.45) is 0. The molecule has 21 heavy (non-hydrogen) atoms. The van der Waals surface area contributed by atoms with Crippen LogP contribution in [0.1, 0.15) is 21.5 Å². The average Bonchev–Trinajstić information content (AvgIpc) is 2.48. The van der Waals surface area contributed by atoms with Gasteiger partial charge in [-0.3, -0.25) is 0 Å². The van der Waals surface area contributed by atoms with Gasteiger partial charge < -0.3 is 15.4 Å². The van der Waals surface area contributed by atoms with Crippen LogP contribution in [0, 0.1) is 6.92 Å². The molecule has 0 amide bonds. The van der Waals surface area contributed by atoms with Gasteiger partial charge in [0.15, 0.2) is 0 Å². The third kappa shape index (κ3) is 3.34. The zero-order valence-corrected chi connectivity index (χ0v) is 12.6. The van der Waals surface area contributed by atoms with Gasteiger partial charge in [-0.05, 0) is 36.2 Å². The molecule has 0 aromatic heterocycles. The molecule has 0 unspecified atom stereocenters. The van der Waals surface area contributed by atoms with E-state index in [2.05, 4.69) is 24.0 Å². The zero-order valence-electron chi connectivity index (χ0n) is 12.6. The van der Waals surface area contributed by atoms with Crippen molar-refractivity contribution in [2.45, 2.75) is 13.5 Å². The molecular formula is C17H20N2O2. The van der Waals surface area contributed by atoms with Crippen molar-refractivity contribution in [3.8, 4) is 0 Å². The van der Waals surface area contributed by atoms with E-state index >= 15 is 0 Å². The fraction of sp³-hybridized carbons (Fsp3) is 0.235. The van der Waals surface area contributed by atoms with Crippen molar-refractivity contribution < 1.29 is 9.53 Å². The van der Waals surface area contributed by atoms with Gasteiger partial charge in [-0.25, -0.2) is 4.79 Å². The molecule has 0 bridgehead atoms. The number of hydrogen-bond donors (Lipinski definition) is 1. The number of methoxy groups -OCH3 is 1. The third-order valence-corrected chi connectivity index (χ3v) is 3.53. The van der Waals surface area contributed by atoms with Gasteiger partial charge in [-0.1, -0.05) is 24.3 Å². The molecule has 0 radical (unpaired) electrons. The van der Waals surface area contributed by atoms with E-state index in [0.29, 0.717) is 11.3 Å². The molecule has 0 fully saturated rings. The van der Waals surface area contributed by atoms with Crippen molar-refractivity contribution in [1.29, 1.82) is 0 Å². The van der Waals surface area contributed by atoms with Crippen LogP contribution < -0.4 is 10.6 Å². The molecule has 2 N–H and O–H groups in total. The number of aryl methyl sites for hydroxylation is 1. The minimum atomic E-state index is -0.380. The van der Waals surface area contributed by atoms with E-state index in [9.17, 15) is 4.79 Å². The Balaban J connectivity index is 2.22. The van der Waals surface area contributed by atoms with Gasteiger partial charge in [0, 0.05) is 13.6 Å². The number of benzene rings is 2. The Morgan fingerprint density at radius 2 is 1.95 bits per heavy atom. The first-order valence-corrected chi connectivity index (χ1v) is 6.76. The molecule has 0 spiro atoms. The van der Waals surface area contributed by atoms with Crippen LogP contribution >= 0.6 is 0 Å². The van der Waals surface area contributed by atoms with Crippen LogP contribution in [-0.4, -0.2) is 20.1 Å². The lowest BCUT2D eigenvalue weighted by atomic mass is 10.1. The Morgan fingerprint density at radius 1 is 1.24 bits per heavy atom. The maximum absolute atomic E-state index is 11.5. The largest absolute Gasteiger partial charge is 0.465 e. The molecule has 0 saturated heterocycles. The minimum absolute atomic E-state index is 0.380. The SMILES string of the molecule is COC(=O)c1ccc(N(C)Cc2ccccc2C)c(N)c1. The summed E-state index contributed by atoms with van der Waals surface area (Å²) in [7, 11) is 3.34. The number of hydrogen-bond acceptors (Lipinski definition) is 4. The Kier molecular flexibility index (Phi) is 4.48. The Bertz CT molecular complexity index is 653. The number of carbonyl (C=O) groups excluding carboxylic acids is 1. The summed E-state index contributed by atoms with van der Waals surface area (Å²) in [5.74, 6) is -0.380. The molecular weight excluding hydrogens is 264 g/mol. The summed E-state index contributed by atoms with van der Waals surface area (Å²) in [4.78, 5) is 13.6. The first-order chi connectivity index (χ1) is 10.0. The van der Waals surface area contributed by atoms with E-state index in [4.69, 9.17) is 10.5 Å². The molecule has 0 aliphatic carbocycles. The number of esters is 1. The smallest absolute Gasteiger partial charge is 0.337 e.